The number of hydrogen-bond donors (Lipinski definition) is 4. The standard InChI is InChI=1S/C4H6O7S.CH2O2.Na.H/c5-3(6)1-2(4(7)8)12(9,10)11;2-1-3;;/h2H,1H2,(H,5,6)(H,7,8)(H,9,10,11);1H,(H,2,3);;/q;;+1;-1. The van der Waals surface area contributed by atoms with Crippen LogP contribution in [0.25, 0.3) is 0 Å². The number of carboxylic acid groups (broad SMARTS) is 3. The van der Waals surface area contributed by atoms with E-state index in [-0.39, 0.29) is 37.5 Å². The molecule has 9 nitrogen and oxygen atoms in total. The molecule has 0 saturated heterocycles. The summed E-state index contributed by atoms with van der Waals surface area (Å²) in [5.74, 6) is -3.50. The van der Waals surface area contributed by atoms with Crippen molar-refractivity contribution >= 4 is 28.5 Å². The van der Waals surface area contributed by atoms with Crippen molar-refractivity contribution in [1.29, 1.82) is 0 Å². The van der Waals surface area contributed by atoms with Gasteiger partial charge in [0.1, 0.15) is 0 Å². The van der Waals surface area contributed by atoms with Crippen LogP contribution in [0.1, 0.15) is 7.85 Å². The van der Waals surface area contributed by atoms with E-state index in [1.165, 1.54) is 0 Å². The van der Waals surface area contributed by atoms with Gasteiger partial charge in [-0.05, 0) is 0 Å². The topological polar surface area (TPSA) is 166 Å². The molecule has 0 rings (SSSR count). The third-order valence-electron chi connectivity index (χ3n) is 0.995. The molecule has 0 saturated carbocycles. The van der Waals surface area contributed by atoms with E-state index in [0.29, 0.717) is 0 Å². The molecule has 4 N–H and O–H groups in total. The molecule has 0 heterocycles. The molecule has 0 aliphatic carbocycles. The number of rotatable bonds is 4. The molecular weight excluding hydrogens is 259 g/mol. The Morgan fingerprint density at radius 3 is 1.69 bits per heavy atom. The summed E-state index contributed by atoms with van der Waals surface area (Å²) in [6.45, 7) is -0.250. The third-order valence-corrected chi connectivity index (χ3v) is 2.08. The molecule has 90 valence electrons. The summed E-state index contributed by atoms with van der Waals surface area (Å²) in [5, 5.41) is 20.8. The van der Waals surface area contributed by atoms with Crippen molar-refractivity contribution in [3.8, 4) is 0 Å². The molecule has 11 heteroatoms. The van der Waals surface area contributed by atoms with E-state index in [0.717, 1.165) is 0 Å². The molecule has 0 amide bonds. The number of carboxylic acids is 2. The van der Waals surface area contributed by atoms with Gasteiger partial charge in [0.15, 0.2) is 5.25 Å². The number of carbonyl (C=O) groups is 3. The molecule has 16 heavy (non-hydrogen) atoms. The molecular formula is C5H9NaO9S. The summed E-state index contributed by atoms with van der Waals surface area (Å²) in [7, 11) is -4.84. The van der Waals surface area contributed by atoms with Crippen LogP contribution in [0.15, 0.2) is 0 Å². The predicted octanol–water partition coefficient (Wildman–Crippen LogP) is -4.38. The quantitative estimate of drug-likeness (QED) is 0.223. The van der Waals surface area contributed by atoms with Crippen molar-refractivity contribution in [2.75, 3.05) is 0 Å². The van der Waals surface area contributed by atoms with Crippen molar-refractivity contribution < 1.29 is 73.7 Å². The fraction of sp³-hybridized carbons (Fsp3) is 0.400. The minimum Gasteiger partial charge on any atom is -1.00 e. The molecule has 1 unspecified atom stereocenters. The Morgan fingerprint density at radius 1 is 1.31 bits per heavy atom. The minimum absolute atomic E-state index is 0. The zero-order valence-corrected chi connectivity index (χ0v) is 10.9. The summed E-state index contributed by atoms with van der Waals surface area (Å²) >= 11 is 0. The molecule has 0 radical (unpaired) electrons. The molecule has 0 bridgehead atoms. The van der Waals surface area contributed by atoms with E-state index in [9.17, 15) is 18.0 Å². The van der Waals surface area contributed by atoms with Crippen LogP contribution >= 0.6 is 0 Å². The predicted molar refractivity (Wildman–Crippen MR) is 45.0 cm³/mol. The van der Waals surface area contributed by atoms with Gasteiger partial charge in [0.2, 0.25) is 0 Å². The van der Waals surface area contributed by atoms with Gasteiger partial charge in [0, 0.05) is 0 Å². The first kappa shape index (κ1) is 20.7. The second-order valence-corrected chi connectivity index (χ2v) is 3.64. The molecule has 0 aromatic rings. The van der Waals surface area contributed by atoms with Crippen LogP contribution in [-0.2, 0) is 24.5 Å². The first-order valence-corrected chi connectivity index (χ1v) is 4.65. The van der Waals surface area contributed by atoms with Gasteiger partial charge < -0.3 is 16.7 Å². The number of aliphatic carboxylic acids is 2. The molecule has 0 fully saturated rings. The van der Waals surface area contributed by atoms with E-state index in [2.05, 4.69) is 0 Å². The van der Waals surface area contributed by atoms with E-state index < -0.39 is 33.7 Å². The molecule has 0 spiro atoms. The Morgan fingerprint density at radius 2 is 1.62 bits per heavy atom. The monoisotopic (exact) mass is 268 g/mol. The Balaban J connectivity index is -0.000000152. The Labute approximate surface area is 114 Å². The zero-order chi connectivity index (χ0) is 12.6. The summed E-state index contributed by atoms with van der Waals surface area (Å²) in [6, 6.07) is 0. The summed E-state index contributed by atoms with van der Waals surface area (Å²) in [4.78, 5) is 28.4. The summed E-state index contributed by atoms with van der Waals surface area (Å²) < 4.78 is 28.7. The normalized spacial score (nSPS) is 11.1. The largest absolute Gasteiger partial charge is 1.00 e. The second kappa shape index (κ2) is 9.54. The maximum Gasteiger partial charge on any atom is 1.00 e. The van der Waals surface area contributed by atoms with Gasteiger partial charge in [-0.3, -0.25) is 18.9 Å². The van der Waals surface area contributed by atoms with Crippen LogP contribution in [0.3, 0.4) is 0 Å². The Kier molecular flexibility index (Phi) is 12.3. The maximum atomic E-state index is 10.2. The van der Waals surface area contributed by atoms with Crippen LogP contribution in [0.4, 0.5) is 0 Å². The molecule has 1 atom stereocenters. The first-order valence-electron chi connectivity index (χ1n) is 3.15. The van der Waals surface area contributed by atoms with Gasteiger partial charge in [-0.15, -0.1) is 0 Å². The van der Waals surface area contributed by atoms with Gasteiger partial charge in [0.25, 0.3) is 16.6 Å². The molecule has 0 aliphatic heterocycles. The van der Waals surface area contributed by atoms with Gasteiger partial charge in [-0.25, -0.2) is 0 Å². The third kappa shape index (κ3) is 11.4. The average Bonchev–Trinajstić information content (AvgIpc) is 1.98. The van der Waals surface area contributed by atoms with Crippen LogP contribution < -0.4 is 29.6 Å². The zero-order valence-electron chi connectivity index (χ0n) is 9.10. The van der Waals surface area contributed by atoms with Crippen LogP contribution in [0.2, 0.25) is 0 Å². The van der Waals surface area contributed by atoms with E-state index in [1.54, 1.807) is 0 Å². The van der Waals surface area contributed by atoms with Crippen molar-refractivity contribution in [1.82, 2.24) is 0 Å². The van der Waals surface area contributed by atoms with Crippen LogP contribution in [0.5, 0.6) is 0 Å². The van der Waals surface area contributed by atoms with E-state index >= 15 is 0 Å². The average molecular weight is 268 g/mol. The molecule has 0 aromatic carbocycles. The first-order chi connectivity index (χ1) is 6.66. The smallest absolute Gasteiger partial charge is 1.00 e. The van der Waals surface area contributed by atoms with Crippen LogP contribution in [0, 0.1) is 0 Å². The van der Waals surface area contributed by atoms with Crippen LogP contribution in [-0.4, -0.2) is 52.0 Å². The minimum atomic E-state index is -4.84. The second-order valence-electron chi connectivity index (χ2n) is 2.05. The van der Waals surface area contributed by atoms with Crippen molar-refractivity contribution in [2.45, 2.75) is 11.7 Å². The summed E-state index contributed by atoms with van der Waals surface area (Å²) in [6.07, 6.45) is -1.16. The van der Waals surface area contributed by atoms with Gasteiger partial charge in [-0.1, -0.05) is 0 Å². The molecule has 0 aromatic heterocycles. The van der Waals surface area contributed by atoms with Crippen molar-refractivity contribution in [3.63, 3.8) is 0 Å². The Bertz CT molecular complexity index is 339. The fourth-order valence-corrected chi connectivity index (χ4v) is 1.09. The van der Waals surface area contributed by atoms with Gasteiger partial charge in [0.05, 0.1) is 6.42 Å². The van der Waals surface area contributed by atoms with Crippen molar-refractivity contribution in [2.24, 2.45) is 0 Å². The van der Waals surface area contributed by atoms with E-state index in [1.807, 2.05) is 0 Å². The van der Waals surface area contributed by atoms with Gasteiger partial charge in [-0.2, -0.15) is 8.42 Å². The SMILES string of the molecule is O=C(O)CC(C(=O)O)S(=O)(=O)O.O=CO.[H-].[Na+]. The van der Waals surface area contributed by atoms with E-state index in [4.69, 9.17) is 24.7 Å². The maximum absolute atomic E-state index is 10.2. The fourth-order valence-electron chi connectivity index (χ4n) is 0.479. The summed E-state index contributed by atoms with van der Waals surface area (Å²) in [5.41, 5.74) is 0. The Hall–Kier alpha value is -0.680. The number of hydrogen-bond acceptors (Lipinski definition) is 5. The molecule has 0 aliphatic rings. The van der Waals surface area contributed by atoms with Gasteiger partial charge >= 0.3 is 41.5 Å². The van der Waals surface area contributed by atoms with Crippen molar-refractivity contribution in [3.05, 3.63) is 0 Å².